The molecule has 0 saturated carbocycles. The van der Waals surface area contributed by atoms with Gasteiger partial charge in [-0.3, -0.25) is 0 Å². The van der Waals surface area contributed by atoms with E-state index in [1.54, 1.807) is 0 Å². The summed E-state index contributed by atoms with van der Waals surface area (Å²) in [4.78, 5) is 13.1. The van der Waals surface area contributed by atoms with Crippen LogP contribution in [0.2, 0.25) is 0 Å². The molecule has 1 aliphatic heterocycles. The Morgan fingerprint density at radius 2 is 2.21 bits per heavy atom. The Bertz CT molecular complexity index is 210. The number of carbonyl (C=O) groups excluding carboxylic acids is 1. The number of nitrogens with one attached hydrogen (secondary N) is 2. The van der Waals surface area contributed by atoms with Crippen LogP contribution in [0.5, 0.6) is 0 Å². The summed E-state index contributed by atoms with van der Waals surface area (Å²) in [7, 11) is 0. The van der Waals surface area contributed by atoms with Crippen molar-refractivity contribution in [3.05, 3.63) is 0 Å². The van der Waals surface area contributed by atoms with Crippen LogP contribution in [-0.2, 0) is 0 Å². The lowest BCUT2D eigenvalue weighted by Crippen LogP contribution is -2.48. The molecule has 1 unspecified atom stereocenters. The van der Waals surface area contributed by atoms with E-state index in [4.69, 9.17) is 0 Å². The van der Waals surface area contributed by atoms with Crippen molar-refractivity contribution in [2.24, 2.45) is 0 Å². The first-order valence-corrected chi connectivity index (χ1v) is 5.19. The molecule has 0 spiro atoms. The summed E-state index contributed by atoms with van der Waals surface area (Å²) in [6.45, 7) is 10.9. The van der Waals surface area contributed by atoms with Gasteiger partial charge in [0.15, 0.2) is 0 Å². The largest absolute Gasteiger partial charge is 0.336 e. The maximum Gasteiger partial charge on any atom is 0.317 e. The monoisotopic (exact) mass is 199 g/mol. The topological polar surface area (TPSA) is 44.4 Å². The summed E-state index contributed by atoms with van der Waals surface area (Å²) in [5, 5.41) is 6.24. The summed E-state index contributed by atoms with van der Waals surface area (Å²) in [5.41, 5.74) is 0.107. The van der Waals surface area contributed by atoms with Crippen LogP contribution in [0.25, 0.3) is 0 Å². The SMILES string of the molecule is CC(CN1CCNC1=O)NC(C)(C)C. The zero-order chi connectivity index (χ0) is 10.8. The third-order valence-corrected chi connectivity index (χ3v) is 2.12. The van der Waals surface area contributed by atoms with Gasteiger partial charge >= 0.3 is 6.03 Å². The normalized spacial score (nSPS) is 19.7. The Labute approximate surface area is 86.0 Å². The number of urea groups is 1. The van der Waals surface area contributed by atoms with Crippen LogP contribution in [0.4, 0.5) is 4.79 Å². The molecule has 1 aliphatic rings. The molecule has 4 heteroatoms. The smallest absolute Gasteiger partial charge is 0.317 e. The lowest BCUT2D eigenvalue weighted by atomic mass is 10.1. The fourth-order valence-electron chi connectivity index (χ4n) is 1.80. The van der Waals surface area contributed by atoms with Gasteiger partial charge in [0, 0.05) is 31.2 Å². The average Bonchev–Trinajstić information content (AvgIpc) is 2.32. The molecule has 14 heavy (non-hydrogen) atoms. The fraction of sp³-hybridized carbons (Fsp3) is 0.900. The van der Waals surface area contributed by atoms with Gasteiger partial charge in [-0.05, 0) is 27.7 Å². The van der Waals surface area contributed by atoms with E-state index in [0.717, 1.165) is 19.6 Å². The van der Waals surface area contributed by atoms with Crippen LogP contribution < -0.4 is 10.6 Å². The summed E-state index contributed by atoms with van der Waals surface area (Å²) in [6.07, 6.45) is 0. The van der Waals surface area contributed by atoms with Crippen molar-refractivity contribution in [2.75, 3.05) is 19.6 Å². The number of amides is 2. The third kappa shape index (κ3) is 3.54. The van der Waals surface area contributed by atoms with E-state index in [2.05, 4.69) is 38.3 Å². The third-order valence-electron chi connectivity index (χ3n) is 2.12. The number of nitrogens with zero attached hydrogens (tertiary/aromatic N) is 1. The predicted molar refractivity (Wildman–Crippen MR) is 57.3 cm³/mol. The van der Waals surface area contributed by atoms with Crippen molar-refractivity contribution >= 4 is 6.03 Å². The zero-order valence-electron chi connectivity index (χ0n) is 9.55. The highest BCUT2D eigenvalue weighted by molar-refractivity contribution is 5.76. The van der Waals surface area contributed by atoms with Crippen LogP contribution in [0.3, 0.4) is 0 Å². The van der Waals surface area contributed by atoms with E-state index < -0.39 is 0 Å². The Hall–Kier alpha value is -0.770. The second-order valence-electron chi connectivity index (χ2n) is 4.97. The van der Waals surface area contributed by atoms with Crippen LogP contribution >= 0.6 is 0 Å². The standard InChI is InChI=1S/C10H21N3O/c1-8(12-10(2,3)4)7-13-6-5-11-9(13)14/h8,12H,5-7H2,1-4H3,(H,11,14). The molecular weight excluding hydrogens is 178 g/mol. The minimum Gasteiger partial charge on any atom is -0.336 e. The Morgan fingerprint density at radius 3 is 2.64 bits per heavy atom. The van der Waals surface area contributed by atoms with Crippen LogP contribution in [0.15, 0.2) is 0 Å². The molecular formula is C10H21N3O. The van der Waals surface area contributed by atoms with Crippen LogP contribution in [0.1, 0.15) is 27.7 Å². The van der Waals surface area contributed by atoms with Crippen molar-refractivity contribution in [3.63, 3.8) is 0 Å². The van der Waals surface area contributed by atoms with Gasteiger partial charge < -0.3 is 15.5 Å². The minimum atomic E-state index is 0.0626. The van der Waals surface area contributed by atoms with Gasteiger partial charge in [0.05, 0.1) is 0 Å². The molecule has 1 fully saturated rings. The van der Waals surface area contributed by atoms with Crippen LogP contribution in [0, 0.1) is 0 Å². The van der Waals surface area contributed by atoms with E-state index in [9.17, 15) is 4.79 Å². The lowest BCUT2D eigenvalue weighted by molar-refractivity contribution is 0.208. The highest BCUT2D eigenvalue weighted by Crippen LogP contribution is 2.04. The van der Waals surface area contributed by atoms with Gasteiger partial charge in [0.2, 0.25) is 0 Å². The molecule has 0 aromatic carbocycles. The van der Waals surface area contributed by atoms with Crippen molar-refractivity contribution < 1.29 is 4.79 Å². The Kier molecular flexibility index (Phi) is 3.37. The second kappa shape index (κ2) is 4.17. The summed E-state index contributed by atoms with van der Waals surface area (Å²) in [6, 6.07) is 0.395. The van der Waals surface area contributed by atoms with Gasteiger partial charge in [0.25, 0.3) is 0 Å². The molecule has 0 bridgehead atoms. The van der Waals surface area contributed by atoms with E-state index in [0.29, 0.717) is 6.04 Å². The summed E-state index contributed by atoms with van der Waals surface area (Å²) < 4.78 is 0. The van der Waals surface area contributed by atoms with Gasteiger partial charge in [-0.2, -0.15) is 0 Å². The molecule has 2 amide bonds. The maximum absolute atomic E-state index is 11.3. The molecule has 2 N–H and O–H groups in total. The highest BCUT2D eigenvalue weighted by atomic mass is 16.2. The van der Waals surface area contributed by atoms with Crippen molar-refractivity contribution in [1.82, 2.24) is 15.5 Å². The van der Waals surface area contributed by atoms with E-state index in [1.807, 2.05) is 4.90 Å². The molecule has 0 aliphatic carbocycles. The number of hydrogen-bond donors (Lipinski definition) is 2. The molecule has 1 heterocycles. The molecule has 0 aromatic heterocycles. The average molecular weight is 199 g/mol. The van der Waals surface area contributed by atoms with Gasteiger partial charge in [-0.15, -0.1) is 0 Å². The fourth-order valence-corrected chi connectivity index (χ4v) is 1.80. The van der Waals surface area contributed by atoms with Crippen molar-refractivity contribution in [2.45, 2.75) is 39.3 Å². The zero-order valence-corrected chi connectivity index (χ0v) is 9.55. The molecule has 82 valence electrons. The van der Waals surface area contributed by atoms with Gasteiger partial charge in [-0.25, -0.2) is 4.79 Å². The first-order chi connectivity index (χ1) is 6.38. The van der Waals surface area contributed by atoms with Crippen molar-refractivity contribution in [1.29, 1.82) is 0 Å². The van der Waals surface area contributed by atoms with Crippen molar-refractivity contribution in [3.8, 4) is 0 Å². The molecule has 0 radical (unpaired) electrons. The first-order valence-electron chi connectivity index (χ1n) is 5.19. The summed E-state index contributed by atoms with van der Waals surface area (Å²) >= 11 is 0. The molecule has 1 saturated heterocycles. The van der Waals surface area contributed by atoms with Gasteiger partial charge in [-0.1, -0.05) is 0 Å². The molecule has 0 aromatic rings. The predicted octanol–water partition coefficient (Wildman–Crippen LogP) is 0.788. The molecule has 1 rings (SSSR count). The Balaban J connectivity index is 2.33. The van der Waals surface area contributed by atoms with Gasteiger partial charge in [0.1, 0.15) is 0 Å². The second-order valence-corrected chi connectivity index (χ2v) is 4.97. The van der Waals surface area contributed by atoms with Crippen LogP contribution in [-0.4, -0.2) is 42.1 Å². The quantitative estimate of drug-likeness (QED) is 0.706. The lowest BCUT2D eigenvalue weighted by Gasteiger charge is -2.28. The maximum atomic E-state index is 11.3. The molecule has 4 nitrogen and oxygen atoms in total. The molecule has 1 atom stereocenters. The number of rotatable bonds is 3. The number of hydrogen-bond acceptors (Lipinski definition) is 2. The highest BCUT2D eigenvalue weighted by Gasteiger charge is 2.22. The number of carbonyl (C=O) groups is 1. The van der Waals surface area contributed by atoms with E-state index in [-0.39, 0.29) is 11.6 Å². The van der Waals surface area contributed by atoms with E-state index >= 15 is 0 Å². The minimum absolute atomic E-state index is 0.0626. The Morgan fingerprint density at radius 1 is 1.57 bits per heavy atom. The summed E-state index contributed by atoms with van der Waals surface area (Å²) in [5.74, 6) is 0. The van der Waals surface area contributed by atoms with E-state index in [1.165, 1.54) is 0 Å². The first kappa shape index (κ1) is 11.3.